The molecule has 1 heterocycles. The number of anilines is 1. The van der Waals surface area contributed by atoms with E-state index < -0.39 is 21.9 Å². The van der Waals surface area contributed by atoms with Crippen LogP contribution in [0.1, 0.15) is 6.92 Å². The Kier molecular flexibility index (Phi) is 4.84. The fourth-order valence-corrected chi connectivity index (χ4v) is 2.90. The standard InChI is InChI=1S/C9H12BrFN2O3S/c1-6(16-2)5-17(14,15)13-9-8(10)3-7(11)4-12-9/h3-4,6H,5H2,1-2H3,(H,12,13). The van der Waals surface area contributed by atoms with Crippen molar-refractivity contribution in [2.45, 2.75) is 13.0 Å². The lowest BCUT2D eigenvalue weighted by Crippen LogP contribution is -2.26. The third-order valence-corrected chi connectivity index (χ3v) is 3.93. The van der Waals surface area contributed by atoms with E-state index >= 15 is 0 Å². The summed E-state index contributed by atoms with van der Waals surface area (Å²) >= 11 is 3.02. The van der Waals surface area contributed by atoms with Crippen molar-refractivity contribution in [1.29, 1.82) is 0 Å². The molecule has 0 saturated heterocycles. The van der Waals surface area contributed by atoms with Crippen LogP contribution in [0, 0.1) is 5.82 Å². The van der Waals surface area contributed by atoms with Crippen LogP contribution < -0.4 is 4.72 Å². The number of hydrogen-bond donors (Lipinski definition) is 1. The third kappa shape index (κ3) is 4.57. The van der Waals surface area contributed by atoms with Crippen LogP contribution in [0.15, 0.2) is 16.7 Å². The Morgan fingerprint density at radius 2 is 2.29 bits per heavy atom. The Labute approximate surface area is 108 Å². The quantitative estimate of drug-likeness (QED) is 0.895. The molecule has 1 N–H and O–H groups in total. The van der Waals surface area contributed by atoms with Gasteiger partial charge < -0.3 is 4.74 Å². The van der Waals surface area contributed by atoms with E-state index in [0.29, 0.717) is 0 Å². The molecule has 0 aliphatic carbocycles. The number of ether oxygens (including phenoxy) is 1. The lowest BCUT2D eigenvalue weighted by Gasteiger charge is -2.12. The molecular formula is C9H12BrFN2O3S. The zero-order valence-corrected chi connectivity index (χ0v) is 11.7. The average Bonchev–Trinajstić information content (AvgIpc) is 2.21. The maximum Gasteiger partial charge on any atom is 0.236 e. The van der Waals surface area contributed by atoms with Gasteiger partial charge >= 0.3 is 0 Å². The number of rotatable bonds is 5. The summed E-state index contributed by atoms with van der Waals surface area (Å²) in [6, 6.07) is 1.13. The maximum atomic E-state index is 12.8. The van der Waals surface area contributed by atoms with E-state index in [1.807, 2.05) is 0 Å². The van der Waals surface area contributed by atoms with Crippen LogP contribution >= 0.6 is 15.9 Å². The third-order valence-electron chi connectivity index (χ3n) is 1.92. The van der Waals surface area contributed by atoms with E-state index in [9.17, 15) is 12.8 Å². The van der Waals surface area contributed by atoms with Crippen LogP contribution in [0.5, 0.6) is 0 Å². The highest BCUT2D eigenvalue weighted by atomic mass is 79.9. The predicted octanol–water partition coefficient (Wildman–Crippen LogP) is 1.76. The number of methoxy groups -OCH3 is 1. The lowest BCUT2D eigenvalue weighted by molar-refractivity contribution is 0.136. The fourth-order valence-electron chi connectivity index (χ4n) is 1.06. The van der Waals surface area contributed by atoms with Crippen molar-refractivity contribution in [1.82, 2.24) is 4.98 Å². The summed E-state index contributed by atoms with van der Waals surface area (Å²) in [5.74, 6) is -0.700. The molecule has 0 spiro atoms. The second-order valence-corrected chi connectivity index (χ2v) is 6.04. The zero-order valence-electron chi connectivity index (χ0n) is 9.28. The normalized spacial score (nSPS) is 13.4. The second-order valence-electron chi connectivity index (χ2n) is 3.41. The zero-order chi connectivity index (χ0) is 13.1. The molecule has 1 atom stereocenters. The summed E-state index contributed by atoms with van der Waals surface area (Å²) in [6.07, 6.45) is 0.495. The number of halogens is 2. The van der Waals surface area contributed by atoms with Gasteiger partial charge in [0.1, 0.15) is 5.82 Å². The molecule has 96 valence electrons. The van der Waals surface area contributed by atoms with Gasteiger partial charge in [0.25, 0.3) is 0 Å². The number of pyridine rings is 1. The molecule has 1 aromatic rings. The summed E-state index contributed by atoms with van der Waals surface area (Å²) in [5.41, 5.74) is 0. The van der Waals surface area contributed by atoms with Gasteiger partial charge in [0, 0.05) is 7.11 Å². The van der Waals surface area contributed by atoms with E-state index in [-0.39, 0.29) is 16.0 Å². The number of sulfonamides is 1. The predicted molar refractivity (Wildman–Crippen MR) is 65.8 cm³/mol. The first-order chi connectivity index (χ1) is 7.84. The first-order valence-corrected chi connectivity index (χ1v) is 7.13. The smallest absolute Gasteiger partial charge is 0.236 e. The SMILES string of the molecule is COC(C)CS(=O)(=O)Nc1ncc(F)cc1Br. The molecule has 1 unspecified atom stereocenters. The molecule has 1 aromatic heterocycles. The van der Waals surface area contributed by atoms with Crippen molar-refractivity contribution in [2.75, 3.05) is 17.6 Å². The number of nitrogens with zero attached hydrogens (tertiary/aromatic N) is 1. The summed E-state index contributed by atoms with van der Waals surface area (Å²) in [7, 11) is -2.15. The van der Waals surface area contributed by atoms with Crippen molar-refractivity contribution in [3.63, 3.8) is 0 Å². The van der Waals surface area contributed by atoms with Gasteiger partial charge in [0.2, 0.25) is 10.0 Å². The van der Waals surface area contributed by atoms with Gasteiger partial charge in [-0.15, -0.1) is 0 Å². The van der Waals surface area contributed by atoms with Crippen molar-refractivity contribution in [3.8, 4) is 0 Å². The first kappa shape index (κ1) is 14.3. The molecule has 17 heavy (non-hydrogen) atoms. The second kappa shape index (κ2) is 5.74. The summed E-state index contributed by atoms with van der Waals surface area (Å²) in [5, 5.41) is 0. The molecule has 0 aliphatic heterocycles. The lowest BCUT2D eigenvalue weighted by atomic mass is 10.4. The van der Waals surface area contributed by atoms with Gasteiger partial charge in [-0.2, -0.15) is 0 Å². The highest BCUT2D eigenvalue weighted by molar-refractivity contribution is 9.10. The number of nitrogens with one attached hydrogen (secondary N) is 1. The van der Waals surface area contributed by atoms with E-state index in [1.165, 1.54) is 7.11 Å². The monoisotopic (exact) mass is 326 g/mol. The molecule has 0 aliphatic rings. The van der Waals surface area contributed by atoms with Crippen LogP contribution in [-0.2, 0) is 14.8 Å². The van der Waals surface area contributed by atoms with Crippen molar-refractivity contribution >= 4 is 31.8 Å². The van der Waals surface area contributed by atoms with E-state index in [0.717, 1.165) is 12.3 Å². The molecule has 0 fully saturated rings. The van der Waals surface area contributed by atoms with E-state index in [4.69, 9.17) is 4.74 Å². The summed E-state index contributed by atoms with van der Waals surface area (Å²) in [4.78, 5) is 3.64. The molecule has 5 nitrogen and oxygen atoms in total. The summed E-state index contributed by atoms with van der Waals surface area (Å²) in [6.45, 7) is 1.63. The van der Waals surface area contributed by atoms with Crippen molar-refractivity contribution in [3.05, 3.63) is 22.6 Å². The van der Waals surface area contributed by atoms with Crippen LogP contribution in [0.2, 0.25) is 0 Å². The van der Waals surface area contributed by atoms with Gasteiger partial charge in [0.05, 0.1) is 22.5 Å². The number of hydrogen-bond acceptors (Lipinski definition) is 4. The molecule has 8 heteroatoms. The average molecular weight is 327 g/mol. The van der Waals surface area contributed by atoms with Gasteiger partial charge in [0.15, 0.2) is 5.82 Å². The Morgan fingerprint density at radius 3 is 2.82 bits per heavy atom. The molecule has 0 bridgehead atoms. The minimum atomic E-state index is -3.57. The molecule has 1 rings (SSSR count). The Hall–Kier alpha value is -0.730. The van der Waals surface area contributed by atoms with Gasteiger partial charge in [-0.25, -0.2) is 17.8 Å². The van der Waals surface area contributed by atoms with E-state index in [1.54, 1.807) is 6.92 Å². The van der Waals surface area contributed by atoms with Crippen LogP contribution in [0.3, 0.4) is 0 Å². The van der Waals surface area contributed by atoms with Gasteiger partial charge in [-0.1, -0.05) is 0 Å². The van der Waals surface area contributed by atoms with Crippen LogP contribution in [0.4, 0.5) is 10.2 Å². The minimum absolute atomic E-state index is 0.0507. The fraction of sp³-hybridized carbons (Fsp3) is 0.444. The Bertz CT molecular complexity index is 495. The highest BCUT2D eigenvalue weighted by Crippen LogP contribution is 2.21. The van der Waals surface area contributed by atoms with E-state index in [2.05, 4.69) is 25.6 Å². The number of aromatic nitrogens is 1. The largest absolute Gasteiger partial charge is 0.381 e. The Morgan fingerprint density at radius 1 is 1.65 bits per heavy atom. The molecule has 0 amide bonds. The maximum absolute atomic E-state index is 12.8. The first-order valence-electron chi connectivity index (χ1n) is 4.68. The molecule has 0 saturated carbocycles. The Balaban J connectivity index is 2.83. The molecular weight excluding hydrogens is 315 g/mol. The van der Waals surface area contributed by atoms with Crippen LogP contribution in [0.25, 0.3) is 0 Å². The molecule has 0 radical (unpaired) electrons. The molecule has 0 aromatic carbocycles. The van der Waals surface area contributed by atoms with Crippen molar-refractivity contribution in [2.24, 2.45) is 0 Å². The van der Waals surface area contributed by atoms with Gasteiger partial charge in [-0.3, -0.25) is 4.72 Å². The minimum Gasteiger partial charge on any atom is -0.381 e. The van der Waals surface area contributed by atoms with Crippen LogP contribution in [-0.4, -0.2) is 32.4 Å². The topological polar surface area (TPSA) is 68.3 Å². The van der Waals surface area contributed by atoms with Gasteiger partial charge in [-0.05, 0) is 28.9 Å². The van der Waals surface area contributed by atoms with Crippen molar-refractivity contribution < 1.29 is 17.5 Å². The highest BCUT2D eigenvalue weighted by Gasteiger charge is 2.17. The summed E-state index contributed by atoms with van der Waals surface area (Å²) < 4.78 is 43.4.